The molecule has 0 radical (unpaired) electrons. The molecule has 1 fully saturated rings. The standard InChI is InChI=1S/C21H24N4O2S/c1-15-6-3-4-7-17(15)12-24(2)19(26)14-28-21-23-22-20(16-9-10-16)25(21)13-18-8-5-11-27-18/h3-8,11,16H,9-10,12-14H2,1-2H3. The number of nitrogens with zero attached hydrogens (tertiary/aromatic N) is 4. The highest BCUT2D eigenvalue weighted by molar-refractivity contribution is 7.99. The Kier molecular flexibility index (Phi) is 5.52. The van der Waals surface area contributed by atoms with E-state index in [1.54, 1.807) is 11.2 Å². The zero-order valence-electron chi connectivity index (χ0n) is 16.2. The van der Waals surface area contributed by atoms with Gasteiger partial charge in [0, 0.05) is 19.5 Å². The molecular weight excluding hydrogens is 372 g/mol. The van der Waals surface area contributed by atoms with Crippen LogP contribution in [0, 0.1) is 6.92 Å². The normalized spacial score (nSPS) is 13.6. The summed E-state index contributed by atoms with van der Waals surface area (Å²) in [6.45, 7) is 3.28. The fraction of sp³-hybridized carbons (Fsp3) is 0.381. The molecule has 6 nitrogen and oxygen atoms in total. The van der Waals surface area contributed by atoms with Crippen LogP contribution in [0.2, 0.25) is 0 Å². The Hall–Kier alpha value is -2.54. The van der Waals surface area contributed by atoms with E-state index >= 15 is 0 Å². The Bertz CT molecular complexity index is 947. The smallest absolute Gasteiger partial charge is 0.233 e. The summed E-state index contributed by atoms with van der Waals surface area (Å²) >= 11 is 1.44. The summed E-state index contributed by atoms with van der Waals surface area (Å²) in [5, 5.41) is 9.51. The molecule has 28 heavy (non-hydrogen) atoms. The van der Waals surface area contributed by atoms with E-state index in [4.69, 9.17) is 4.42 Å². The SMILES string of the molecule is Cc1ccccc1CN(C)C(=O)CSc1nnc(C2CC2)n1Cc1ccco1. The summed E-state index contributed by atoms with van der Waals surface area (Å²) in [7, 11) is 1.85. The van der Waals surface area contributed by atoms with E-state index in [-0.39, 0.29) is 5.91 Å². The average Bonchev–Trinajstić information content (AvgIpc) is 3.26. The van der Waals surface area contributed by atoms with Crippen LogP contribution in [0.15, 0.2) is 52.2 Å². The van der Waals surface area contributed by atoms with Crippen LogP contribution in [-0.2, 0) is 17.9 Å². The van der Waals surface area contributed by atoms with Crippen molar-refractivity contribution in [3.05, 3.63) is 65.4 Å². The topological polar surface area (TPSA) is 64.2 Å². The molecule has 0 unspecified atom stereocenters. The van der Waals surface area contributed by atoms with Crippen molar-refractivity contribution in [3.63, 3.8) is 0 Å². The predicted octanol–water partition coefficient (Wildman–Crippen LogP) is 3.86. The number of carbonyl (C=O) groups is 1. The van der Waals surface area contributed by atoms with E-state index < -0.39 is 0 Å². The van der Waals surface area contributed by atoms with Gasteiger partial charge in [-0.05, 0) is 43.0 Å². The van der Waals surface area contributed by atoms with Crippen molar-refractivity contribution < 1.29 is 9.21 Å². The van der Waals surface area contributed by atoms with E-state index in [9.17, 15) is 4.79 Å². The summed E-state index contributed by atoms with van der Waals surface area (Å²) in [4.78, 5) is 14.4. The fourth-order valence-electron chi connectivity index (χ4n) is 3.12. The number of thioether (sulfide) groups is 1. The van der Waals surface area contributed by atoms with Crippen LogP contribution in [0.3, 0.4) is 0 Å². The Labute approximate surface area is 168 Å². The van der Waals surface area contributed by atoms with Gasteiger partial charge in [-0.1, -0.05) is 36.0 Å². The van der Waals surface area contributed by atoms with Crippen molar-refractivity contribution in [2.24, 2.45) is 0 Å². The van der Waals surface area contributed by atoms with E-state index in [0.717, 1.165) is 29.6 Å². The molecule has 0 atom stereocenters. The number of aromatic nitrogens is 3. The van der Waals surface area contributed by atoms with Crippen LogP contribution >= 0.6 is 11.8 Å². The molecule has 1 aliphatic rings. The minimum absolute atomic E-state index is 0.0776. The second-order valence-corrected chi connectivity index (χ2v) is 8.19. The third-order valence-corrected chi connectivity index (χ3v) is 5.95. The maximum atomic E-state index is 12.6. The van der Waals surface area contributed by atoms with Gasteiger partial charge in [0.15, 0.2) is 5.16 Å². The van der Waals surface area contributed by atoms with Gasteiger partial charge in [-0.15, -0.1) is 10.2 Å². The number of hydrogen-bond donors (Lipinski definition) is 0. The first-order valence-electron chi connectivity index (χ1n) is 9.48. The van der Waals surface area contributed by atoms with Crippen molar-refractivity contribution in [1.29, 1.82) is 0 Å². The Balaban J connectivity index is 1.41. The molecule has 4 rings (SSSR count). The van der Waals surface area contributed by atoms with Crippen LogP contribution in [0.4, 0.5) is 0 Å². The van der Waals surface area contributed by atoms with Gasteiger partial charge in [0.05, 0.1) is 18.6 Å². The maximum Gasteiger partial charge on any atom is 0.233 e. The van der Waals surface area contributed by atoms with Crippen LogP contribution in [0.25, 0.3) is 0 Å². The van der Waals surface area contributed by atoms with Crippen molar-refractivity contribution >= 4 is 17.7 Å². The average molecular weight is 397 g/mol. The third-order valence-electron chi connectivity index (χ3n) is 5.00. The van der Waals surface area contributed by atoms with E-state index in [2.05, 4.69) is 33.8 Å². The summed E-state index contributed by atoms with van der Waals surface area (Å²) in [5.74, 6) is 2.76. The molecule has 0 spiro atoms. The zero-order valence-corrected chi connectivity index (χ0v) is 17.0. The number of carbonyl (C=O) groups excluding carboxylic acids is 1. The number of aryl methyl sites for hydroxylation is 1. The number of hydrogen-bond acceptors (Lipinski definition) is 5. The van der Waals surface area contributed by atoms with Crippen LogP contribution < -0.4 is 0 Å². The highest BCUT2D eigenvalue weighted by atomic mass is 32.2. The molecule has 1 saturated carbocycles. The lowest BCUT2D eigenvalue weighted by atomic mass is 10.1. The first-order chi connectivity index (χ1) is 13.6. The third kappa shape index (κ3) is 4.30. The first-order valence-corrected chi connectivity index (χ1v) is 10.5. The quantitative estimate of drug-likeness (QED) is 0.541. The minimum atomic E-state index is 0.0776. The molecule has 146 valence electrons. The van der Waals surface area contributed by atoms with Gasteiger partial charge >= 0.3 is 0 Å². The second kappa shape index (κ2) is 8.22. The molecule has 0 aliphatic heterocycles. The van der Waals surface area contributed by atoms with Crippen LogP contribution in [0.1, 0.15) is 41.5 Å². The monoisotopic (exact) mass is 396 g/mol. The van der Waals surface area contributed by atoms with E-state index in [1.165, 1.54) is 22.9 Å². The summed E-state index contributed by atoms with van der Waals surface area (Å²) in [6.07, 6.45) is 3.98. The number of amides is 1. The Morgan fingerprint density at radius 3 is 2.79 bits per heavy atom. The van der Waals surface area contributed by atoms with Crippen LogP contribution in [-0.4, -0.2) is 38.4 Å². The van der Waals surface area contributed by atoms with Gasteiger partial charge in [-0.3, -0.25) is 9.36 Å². The maximum absolute atomic E-state index is 12.6. The number of benzene rings is 1. The number of rotatable bonds is 8. The predicted molar refractivity (Wildman–Crippen MR) is 108 cm³/mol. The molecule has 0 N–H and O–H groups in total. The summed E-state index contributed by atoms with van der Waals surface area (Å²) in [6, 6.07) is 12.0. The molecular formula is C21H24N4O2S. The molecule has 2 aromatic heterocycles. The van der Waals surface area contributed by atoms with Crippen molar-refractivity contribution in [2.45, 2.75) is 43.9 Å². The molecule has 0 bridgehead atoms. The lowest BCUT2D eigenvalue weighted by molar-refractivity contribution is -0.127. The lowest BCUT2D eigenvalue weighted by Gasteiger charge is -2.18. The van der Waals surface area contributed by atoms with Gasteiger partial charge in [0.25, 0.3) is 0 Å². The molecule has 3 aromatic rings. The van der Waals surface area contributed by atoms with E-state index in [1.807, 2.05) is 31.3 Å². The molecule has 1 aromatic carbocycles. The van der Waals surface area contributed by atoms with Gasteiger partial charge < -0.3 is 9.32 Å². The molecule has 1 amide bonds. The lowest BCUT2D eigenvalue weighted by Crippen LogP contribution is -2.28. The Morgan fingerprint density at radius 1 is 1.25 bits per heavy atom. The van der Waals surface area contributed by atoms with Crippen molar-refractivity contribution in [2.75, 3.05) is 12.8 Å². The molecule has 0 saturated heterocycles. The Morgan fingerprint density at radius 2 is 2.07 bits per heavy atom. The highest BCUT2D eigenvalue weighted by Crippen LogP contribution is 2.40. The van der Waals surface area contributed by atoms with Gasteiger partial charge in [0.2, 0.25) is 5.91 Å². The molecule has 1 aliphatic carbocycles. The van der Waals surface area contributed by atoms with Crippen molar-refractivity contribution in [3.8, 4) is 0 Å². The van der Waals surface area contributed by atoms with Gasteiger partial charge in [-0.25, -0.2) is 0 Å². The molecule has 7 heteroatoms. The van der Waals surface area contributed by atoms with Crippen LogP contribution in [0.5, 0.6) is 0 Å². The zero-order chi connectivity index (χ0) is 19.5. The van der Waals surface area contributed by atoms with Gasteiger partial charge in [-0.2, -0.15) is 0 Å². The van der Waals surface area contributed by atoms with Crippen molar-refractivity contribution in [1.82, 2.24) is 19.7 Å². The molecule has 2 heterocycles. The minimum Gasteiger partial charge on any atom is -0.467 e. The largest absolute Gasteiger partial charge is 0.467 e. The fourth-order valence-corrected chi connectivity index (χ4v) is 4.01. The first kappa shape index (κ1) is 18.8. The van der Waals surface area contributed by atoms with E-state index in [0.29, 0.717) is 24.8 Å². The van der Waals surface area contributed by atoms with Gasteiger partial charge in [0.1, 0.15) is 11.6 Å². The second-order valence-electron chi connectivity index (χ2n) is 7.25. The summed E-state index contributed by atoms with van der Waals surface area (Å²) < 4.78 is 7.59. The summed E-state index contributed by atoms with van der Waals surface area (Å²) in [5.41, 5.74) is 2.36. The highest BCUT2D eigenvalue weighted by Gasteiger charge is 2.31. The number of furan rings is 1.